The fourth-order valence-corrected chi connectivity index (χ4v) is 3.07. The molecular formula is C25H23NO4. The van der Waals surface area contributed by atoms with Gasteiger partial charge in [-0.25, -0.2) is 0 Å². The Labute approximate surface area is 175 Å². The van der Waals surface area contributed by atoms with Gasteiger partial charge in [0.1, 0.15) is 6.54 Å². The summed E-state index contributed by atoms with van der Waals surface area (Å²) in [6.07, 6.45) is 0. The summed E-state index contributed by atoms with van der Waals surface area (Å²) in [5, 5.41) is 2.63. The summed E-state index contributed by atoms with van der Waals surface area (Å²) >= 11 is 0. The SMILES string of the molecule is Cc1ccc(C(=O)COC(=O)CNC(=O)C(c2ccccc2)c2ccccc2)cc1. The summed E-state index contributed by atoms with van der Waals surface area (Å²) in [5.41, 5.74) is 3.16. The Hall–Kier alpha value is -3.73. The number of Topliss-reactive ketones (excluding diaryl/α,β-unsaturated/α-hetero) is 1. The van der Waals surface area contributed by atoms with Crippen molar-refractivity contribution in [1.29, 1.82) is 0 Å². The normalized spacial score (nSPS) is 10.5. The lowest BCUT2D eigenvalue weighted by Gasteiger charge is -2.17. The predicted molar refractivity (Wildman–Crippen MR) is 114 cm³/mol. The maximum atomic E-state index is 12.9. The van der Waals surface area contributed by atoms with E-state index >= 15 is 0 Å². The molecular weight excluding hydrogens is 378 g/mol. The third-order valence-corrected chi connectivity index (χ3v) is 4.67. The van der Waals surface area contributed by atoms with Crippen LogP contribution in [0, 0.1) is 6.92 Å². The Kier molecular flexibility index (Phi) is 7.11. The number of carbonyl (C=O) groups excluding carboxylic acids is 3. The zero-order chi connectivity index (χ0) is 21.3. The molecule has 3 rings (SSSR count). The summed E-state index contributed by atoms with van der Waals surface area (Å²) in [7, 11) is 0. The van der Waals surface area contributed by atoms with Crippen molar-refractivity contribution >= 4 is 17.7 Å². The van der Waals surface area contributed by atoms with Gasteiger partial charge in [0.25, 0.3) is 0 Å². The molecule has 1 amide bonds. The van der Waals surface area contributed by atoms with E-state index in [9.17, 15) is 14.4 Å². The van der Waals surface area contributed by atoms with Crippen LogP contribution in [0.2, 0.25) is 0 Å². The van der Waals surface area contributed by atoms with Gasteiger partial charge >= 0.3 is 5.97 Å². The van der Waals surface area contributed by atoms with Crippen LogP contribution in [-0.4, -0.2) is 30.8 Å². The molecule has 0 heterocycles. The van der Waals surface area contributed by atoms with Crippen molar-refractivity contribution in [3.63, 3.8) is 0 Å². The minimum atomic E-state index is -0.663. The number of nitrogens with one attached hydrogen (secondary N) is 1. The first kappa shape index (κ1) is 21.0. The van der Waals surface area contributed by atoms with Gasteiger partial charge in [0.05, 0.1) is 5.92 Å². The Morgan fingerprint density at radius 2 is 1.33 bits per heavy atom. The highest BCUT2D eigenvalue weighted by atomic mass is 16.5. The lowest BCUT2D eigenvalue weighted by molar-refractivity contribution is -0.142. The van der Waals surface area contributed by atoms with E-state index in [1.807, 2.05) is 79.7 Å². The number of ether oxygens (including phenoxy) is 1. The van der Waals surface area contributed by atoms with E-state index in [0.29, 0.717) is 5.56 Å². The second-order valence-corrected chi connectivity index (χ2v) is 6.92. The zero-order valence-corrected chi connectivity index (χ0v) is 16.7. The van der Waals surface area contributed by atoms with Gasteiger partial charge in [-0.2, -0.15) is 0 Å². The molecule has 3 aromatic carbocycles. The van der Waals surface area contributed by atoms with Gasteiger partial charge in [-0.1, -0.05) is 90.5 Å². The van der Waals surface area contributed by atoms with E-state index < -0.39 is 11.9 Å². The molecule has 0 bridgehead atoms. The molecule has 0 saturated carbocycles. The third-order valence-electron chi connectivity index (χ3n) is 4.67. The van der Waals surface area contributed by atoms with E-state index in [4.69, 9.17) is 4.74 Å². The van der Waals surface area contributed by atoms with Crippen LogP contribution in [-0.2, 0) is 14.3 Å². The van der Waals surface area contributed by atoms with Crippen LogP contribution in [0.5, 0.6) is 0 Å². The van der Waals surface area contributed by atoms with Crippen molar-refractivity contribution in [2.45, 2.75) is 12.8 Å². The Morgan fingerprint density at radius 3 is 1.87 bits per heavy atom. The molecule has 0 atom stereocenters. The molecule has 0 aromatic heterocycles. The van der Waals surface area contributed by atoms with Crippen molar-refractivity contribution in [1.82, 2.24) is 5.32 Å². The molecule has 3 aromatic rings. The van der Waals surface area contributed by atoms with E-state index in [2.05, 4.69) is 5.32 Å². The molecule has 0 fully saturated rings. The first-order chi connectivity index (χ1) is 14.5. The third kappa shape index (κ3) is 5.64. The lowest BCUT2D eigenvalue weighted by atomic mass is 9.90. The van der Waals surface area contributed by atoms with Gasteiger partial charge in [0.15, 0.2) is 12.4 Å². The number of ketones is 1. The molecule has 0 aliphatic heterocycles. The van der Waals surface area contributed by atoms with E-state index in [-0.39, 0.29) is 24.8 Å². The van der Waals surface area contributed by atoms with Gasteiger partial charge in [0.2, 0.25) is 5.91 Å². The Morgan fingerprint density at radius 1 is 0.800 bits per heavy atom. The number of esters is 1. The van der Waals surface area contributed by atoms with Gasteiger partial charge in [-0.3, -0.25) is 14.4 Å². The number of amides is 1. The van der Waals surface area contributed by atoms with Crippen LogP contribution in [0.4, 0.5) is 0 Å². The highest BCUT2D eigenvalue weighted by Crippen LogP contribution is 2.24. The van der Waals surface area contributed by atoms with E-state index in [1.54, 1.807) is 12.1 Å². The molecule has 0 spiro atoms. The highest BCUT2D eigenvalue weighted by molar-refractivity contribution is 5.98. The fraction of sp³-hybridized carbons (Fsp3) is 0.160. The molecule has 0 radical (unpaired) electrons. The summed E-state index contributed by atoms with van der Waals surface area (Å²) in [4.78, 5) is 37.0. The summed E-state index contributed by atoms with van der Waals surface area (Å²) < 4.78 is 5.03. The number of hydrogen-bond donors (Lipinski definition) is 1. The van der Waals surface area contributed by atoms with Crippen molar-refractivity contribution < 1.29 is 19.1 Å². The molecule has 30 heavy (non-hydrogen) atoms. The Balaban J connectivity index is 1.58. The molecule has 1 N–H and O–H groups in total. The maximum absolute atomic E-state index is 12.9. The summed E-state index contributed by atoms with van der Waals surface area (Å²) in [5.74, 6) is -1.81. The van der Waals surface area contributed by atoms with Crippen molar-refractivity contribution in [2.24, 2.45) is 0 Å². The average Bonchev–Trinajstić information content (AvgIpc) is 2.78. The predicted octanol–water partition coefficient (Wildman–Crippen LogP) is 3.67. The largest absolute Gasteiger partial charge is 0.456 e. The topological polar surface area (TPSA) is 72.5 Å². The van der Waals surface area contributed by atoms with Crippen LogP contribution < -0.4 is 5.32 Å². The summed E-state index contributed by atoms with van der Waals surface area (Å²) in [6.45, 7) is 1.25. The van der Waals surface area contributed by atoms with Crippen LogP contribution in [0.1, 0.15) is 33.0 Å². The van der Waals surface area contributed by atoms with Gasteiger partial charge in [-0.05, 0) is 18.1 Å². The van der Waals surface area contributed by atoms with Gasteiger partial charge in [0, 0.05) is 5.56 Å². The molecule has 0 aliphatic rings. The number of hydrogen-bond acceptors (Lipinski definition) is 4. The maximum Gasteiger partial charge on any atom is 0.325 e. The second kappa shape index (κ2) is 10.2. The van der Waals surface area contributed by atoms with Crippen LogP contribution >= 0.6 is 0 Å². The smallest absolute Gasteiger partial charge is 0.325 e. The molecule has 0 saturated heterocycles. The number of aryl methyl sites for hydroxylation is 1. The minimum Gasteiger partial charge on any atom is -0.456 e. The lowest BCUT2D eigenvalue weighted by Crippen LogP contribution is -2.35. The standard InChI is InChI=1S/C25H23NO4/c1-18-12-14-19(15-13-18)22(27)17-30-23(28)16-26-25(29)24(20-8-4-2-5-9-20)21-10-6-3-7-11-21/h2-15,24H,16-17H2,1H3,(H,26,29). The zero-order valence-electron chi connectivity index (χ0n) is 16.7. The van der Waals surface area contributed by atoms with Crippen molar-refractivity contribution in [2.75, 3.05) is 13.2 Å². The highest BCUT2D eigenvalue weighted by Gasteiger charge is 2.23. The first-order valence-corrected chi connectivity index (χ1v) is 9.67. The molecule has 0 unspecified atom stereocenters. The number of rotatable bonds is 8. The van der Waals surface area contributed by atoms with Gasteiger partial charge in [-0.15, -0.1) is 0 Å². The van der Waals surface area contributed by atoms with E-state index in [1.165, 1.54) is 0 Å². The van der Waals surface area contributed by atoms with Crippen LogP contribution in [0.25, 0.3) is 0 Å². The Bertz CT molecular complexity index is 959. The van der Waals surface area contributed by atoms with Crippen LogP contribution in [0.3, 0.4) is 0 Å². The van der Waals surface area contributed by atoms with E-state index in [0.717, 1.165) is 16.7 Å². The van der Waals surface area contributed by atoms with Crippen molar-refractivity contribution in [3.8, 4) is 0 Å². The molecule has 5 nitrogen and oxygen atoms in total. The first-order valence-electron chi connectivity index (χ1n) is 9.67. The average molecular weight is 401 g/mol. The number of benzene rings is 3. The molecule has 5 heteroatoms. The molecule has 0 aliphatic carbocycles. The quantitative estimate of drug-likeness (QED) is 0.462. The van der Waals surface area contributed by atoms with Crippen LogP contribution in [0.15, 0.2) is 84.9 Å². The second-order valence-electron chi connectivity index (χ2n) is 6.92. The fourth-order valence-electron chi connectivity index (χ4n) is 3.07. The summed E-state index contributed by atoms with van der Waals surface area (Å²) in [6, 6.07) is 25.7. The van der Waals surface area contributed by atoms with Crippen molar-refractivity contribution in [3.05, 3.63) is 107 Å². The minimum absolute atomic E-state index is 0.291. The molecule has 152 valence electrons. The van der Waals surface area contributed by atoms with Gasteiger partial charge < -0.3 is 10.1 Å². The monoisotopic (exact) mass is 401 g/mol. The number of carbonyl (C=O) groups is 3.